The van der Waals surface area contributed by atoms with Gasteiger partial charge < -0.3 is 15.4 Å². The molecule has 2 amide bonds. The van der Waals surface area contributed by atoms with Gasteiger partial charge in [-0.15, -0.1) is 0 Å². The fraction of sp³-hybridized carbons (Fsp3) is 0.333. The van der Waals surface area contributed by atoms with E-state index in [2.05, 4.69) is 15.6 Å². The van der Waals surface area contributed by atoms with E-state index in [1.807, 2.05) is 4.90 Å². The lowest BCUT2D eigenvalue weighted by molar-refractivity contribution is -0.117. The molecule has 4 rings (SSSR count). The second kappa shape index (κ2) is 13.7. The number of rotatable bonds is 11. The number of pyridine rings is 2. The van der Waals surface area contributed by atoms with Gasteiger partial charge in [0.25, 0.3) is 11.5 Å². The van der Waals surface area contributed by atoms with Crippen LogP contribution in [0.5, 0.6) is 0 Å². The summed E-state index contributed by atoms with van der Waals surface area (Å²) in [5.41, 5.74) is 0.777. The van der Waals surface area contributed by atoms with E-state index < -0.39 is 21.8 Å². The maximum absolute atomic E-state index is 13.0. The van der Waals surface area contributed by atoms with Crippen molar-refractivity contribution in [3.05, 3.63) is 87.9 Å². The van der Waals surface area contributed by atoms with E-state index in [0.29, 0.717) is 48.3 Å². The second-order valence-electron chi connectivity index (χ2n) is 9.31. The van der Waals surface area contributed by atoms with Gasteiger partial charge in [-0.3, -0.25) is 23.9 Å². The Balaban J connectivity index is 1.36. The molecule has 1 atom stereocenters. The van der Waals surface area contributed by atoms with Crippen molar-refractivity contribution in [2.24, 2.45) is 0 Å². The summed E-state index contributed by atoms with van der Waals surface area (Å²) in [6, 6.07) is 13.9. The summed E-state index contributed by atoms with van der Waals surface area (Å²) in [4.78, 5) is 43.9. The predicted molar refractivity (Wildman–Crippen MR) is 152 cm³/mol. The van der Waals surface area contributed by atoms with E-state index in [9.17, 15) is 22.8 Å². The standard InChI is InChI=1S/C27H30ClN5O6S/c28-21-6-9-24(29-18-21)31-25(34)17-22(19-39-14-11-32-12-15-40(37,38)16-13-32)30-27(36)20-4-7-23(8-5-20)33-10-2-1-3-26(33)35/h1-10,18,22H,11-17,19H2,(H,30,36)(H,29,31,34). The second-order valence-corrected chi connectivity index (χ2v) is 12.0. The molecular weight excluding hydrogens is 558 g/mol. The highest BCUT2D eigenvalue weighted by molar-refractivity contribution is 7.91. The summed E-state index contributed by atoms with van der Waals surface area (Å²) >= 11 is 5.85. The van der Waals surface area contributed by atoms with Gasteiger partial charge in [-0.2, -0.15) is 0 Å². The smallest absolute Gasteiger partial charge is 0.255 e. The van der Waals surface area contributed by atoms with E-state index in [1.54, 1.807) is 54.7 Å². The van der Waals surface area contributed by atoms with E-state index in [-0.39, 0.29) is 36.0 Å². The van der Waals surface area contributed by atoms with Crippen LogP contribution in [-0.4, -0.2) is 85.1 Å². The summed E-state index contributed by atoms with van der Waals surface area (Å²) in [7, 11) is -2.97. The van der Waals surface area contributed by atoms with E-state index in [1.165, 1.54) is 16.8 Å². The minimum Gasteiger partial charge on any atom is -0.378 e. The quantitative estimate of drug-likeness (QED) is 0.324. The van der Waals surface area contributed by atoms with Crippen LogP contribution < -0.4 is 16.2 Å². The van der Waals surface area contributed by atoms with Crippen LogP contribution in [0.4, 0.5) is 5.82 Å². The third-order valence-corrected chi connectivity index (χ3v) is 8.13. The van der Waals surface area contributed by atoms with E-state index in [0.717, 1.165) is 0 Å². The van der Waals surface area contributed by atoms with Gasteiger partial charge in [0.2, 0.25) is 5.91 Å². The van der Waals surface area contributed by atoms with Gasteiger partial charge in [-0.1, -0.05) is 17.7 Å². The summed E-state index contributed by atoms with van der Waals surface area (Å²) in [5.74, 6) is -0.194. The van der Waals surface area contributed by atoms with Gasteiger partial charge in [-0.25, -0.2) is 13.4 Å². The third kappa shape index (κ3) is 8.71. The van der Waals surface area contributed by atoms with Crippen LogP contribution in [0.2, 0.25) is 5.02 Å². The number of benzene rings is 1. The molecule has 2 aromatic heterocycles. The summed E-state index contributed by atoms with van der Waals surface area (Å²) in [6.45, 7) is 1.82. The van der Waals surface area contributed by atoms with Crippen LogP contribution in [-0.2, 0) is 19.4 Å². The fourth-order valence-electron chi connectivity index (χ4n) is 4.09. The van der Waals surface area contributed by atoms with Crippen molar-refractivity contribution < 1.29 is 22.7 Å². The zero-order valence-corrected chi connectivity index (χ0v) is 23.2. The number of ether oxygens (including phenoxy) is 1. The monoisotopic (exact) mass is 587 g/mol. The lowest BCUT2D eigenvalue weighted by Gasteiger charge is -2.26. The molecule has 11 nitrogen and oxygen atoms in total. The zero-order valence-electron chi connectivity index (χ0n) is 21.7. The average molecular weight is 588 g/mol. The van der Waals surface area contributed by atoms with Gasteiger partial charge in [0.15, 0.2) is 9.84 Å². The molecular formula is C27H30ClN5O6S. The van der Waals surface area contributed by atoms with Gasteiger partial charge in [-0.05, 0) is 42.5 Å². The van der Waals surface area contributed by atoms with Gasteiger partial charge in [0.05, 0.1) is 35.8 Å². The molecule has 13 heteroatoms. The number of halogens is 1. The fourth-order valence-corrected chi connectivity index (χ4v) is 5.48. The Bertz CT molecular complexity index is 1460. The molecule has 0 bridgehead atoms. The summed E-state index contributed by atoms with van der Waals surface area (Å²) in [5, 5.41) is 5.97. The van der Waals surface area contributed by atoms with Crippen LogP contribution in [0.25, 0.3) is 5.69 Å². The number of amides is 2. The molecule has 1 saturated heterocycles. The predicted octanol–water partition coefficient (Wildman–Crippen LogP) is 1.76. The minimum absolute atomic E-state index is 0.0663. The first-order valence-electron chi connectivity index (χ1n) is 12.7. The van der Waals surface area contributed by atoms with E-state index >= 15 is 0 Å². The summed E-state index contributed by atoms with van der Waals surface area (Å²) < 4.78 is 30.5. The number of anilines is 1. The van der Waals surface area contributed by atoms with Crippen LogP contribution >= 0.6 is 11.6 Å². The van der Waals surface area contributed by atoms with Crippen molar-refractivity contribution in [3.63, 3.8) is 0 Å². The first kappa shape index (κ1) is 29.4. The van der Waals surface area contributed by atoms with Gasteiger partial charge in [0.1, 0.15) is 5.82 Å². The molecule has 1 aliphatic rings. The number of carbonyl (C=O) groups excluding carboxylic acids is 2. The molecule has 3 aromatic rings. The number of nitrogens with zero attached hydrogens (tertiary/aromatic N) is 3. The Morgan fingerprint density at radius 1 is 1.05 bits per heavy atom. The average Bonchev–Trinajstić information content (AvgIpc) is 2.93. The molecule has 0 radical (unpaired) electrons. The normalized spacial score (nSPS) is 15.7. The topological polar surface area (TPSA) is 140 Å². The van der Waals surface area contributed by atoms with Crippen LogP contribution in [0, 0.1) is 0 Å². The highest BCUT2D eigenvalue weighted by Gasteiger charge is 2.22. The molecule has 40 heavy (non-hydrogen) atoms. The molecule has 0 spiro atoms. The molecule has 0 aliphatic carbocycles. The number of hydrogen-bond donors (Lipinski definition) is 2. The molecule has 1 unspecified atom stereocenters. The number of sulfone groups is 1. The SMILES string of the molecule is O=C(CC(COCCN1CCS(=O)(=O)CC1)NC(=O)c1ccc(-n2ccccc2=O)cc1)Nc1ccc(Cl)cn1. The molecule has 3 heterocycles. The Hall–Kier alpha value is -3.58. The molecule has 1 aliphatic heterocycles. The maximum atomic E-state index is 13.0. The summed E-state index contributed by atoms with van der Waals surface area (Å²) in [6.07, 6.45) is 2.98. The minimum atomic E-state index is -2.97. The highest BCUT2D eigenvalue weighted by Crippen LogP contribution is 2.12. The Morgan fingerprint density at radius 2 is 1.80 bits per heavy atom. The number of aromatic nitrogens is 2. The molecule has 212 valence electrons. The van der Waals surface area contributed by atoms with Crippen molar-refractivity contribution in [1.29, 1.82) is 0 Å². The lowest BCUT2D eigenvalue weighted by atomic mass is 10.1. The Kier molecular flexibility index (Phi) is 10.0. The molecule has 1 fully saturated rings. The Labute approximate surface area is 237 Å². The van der Waals surface area contributed by atoms with Crippen LogP contribution in [0.3, 0.4) is 0 Å². The number of nitrogens with one attached hydrogen (secondary N) is 2. The first-order chi connectivity index (χ1) is 19.2. The highest BCUT2D eigenvalue weighted by atomic mass is 35.5. The van der Waals surface area contributed by atoms with Crippen molar-refractivity contribution >= 4 is 39.1 Å². The van der Waals surface area contributed by atoms with Crippen molar-refractivity contribution in [3.8, 4) is 5.69 Å². The van der Waals surface area contributed by atoms with Crippen molar-refractivity contribution in [1.82, 2.24) is 19.8 Å². The third-order valence-electron chi connectivity index (χ3n) is 6.30. The largest absolute Gasteiger partial charge is 0.378 e. The van der Waals surface area contributed by atoms with Gasteiger partial charge >= 0.3 is 0 Å². The van der Waals surface area contributed by atoms with E-state index in [4.69, 9.17) is 16.3 Å². The lowest BCUT2D eigenvalue weighted by Crippen LogP contribution is -2.43. The zero-order chi connectivity index (χ0) is 28.5. The van der Waals surface area contributed by atoms with Gasteiger partial charge in [0, 0.05) is 55.8 Å². The van der Waals surface area contributed by atoms with Crippen LogP contribution in [0.15, 0.2) is 71.8 Å². The molecule has 0 saturated carbocycles. The van der Waals surface area contributed by atoms with Crippen LogP contribution in [0.1, 0.15) is 16.8 Å². The number of carbonyl (C=O) groups is 2. The molecule has 2 N–H and O–H groups in total. The Morgan fingerprint density at radius 3 is 2.48 bits per heavy atom. The molecule has 1 aromatic carbocycles. The first-order valence-corrected chi connectivity index (χ1v) is 14.9. The van der Waals surface area contributed by atoms with Crippen molar-refractivity contribution in [2.75, 3.05) is 49.7 Å². The maximum Gasteiger partial charge on any atom is 0.255 e. The van der Waals surface area contributed by atoms with Crippen molar-refractivity contribution in [2.45, 2.75) is 12.5 Å². The number of hydrogen-bond acceptors (Lipinski definition) is 8.